The van der Waals surface area contributed by atoms with Gasteiger partial charge in [-0.15, -0.1) is 12.4 Å². The molecule has 1 aromatic rings. The molecule has 1 fully saturated rings. The average Bonchev–Trinajstić information content (AvgIpc) is 2.83. The molecule has 1 saturated heterocycles. The number of hydrogen-bond donors (Lipinski definition) is 1. The Morgan fingerprint density at radius 2 is 2.26 bits per heavy atom. The number of carbonyl (C=O) groups excluding carboxylic acids is 1. The molecule has 0 aliphatic carbocycles. The van der Waals surface area contributed by atoms with Crippen molar-refractivity contribution < 1.29 is 9.53 Å². The van der Waals surface area contributed by atoms with Gasteiger partial charge in [-0.1, -0.05) is 6.07 Å². The third-order valence-corrected chi connectivity index (χ3v) is 4.03. The monoisotopic (exact) mass is 341 g/mol. The summed E-state index contributed by atoms with van der Waals surface area (Å²) in [4.78, 5) is 19.0. The zero-order chi connectivity index (χ0) is 15.6. The predicted octanol–water partition coefficient (Wildman–Crippen LogP) is 2.40. The normalized spacial score (nSPS) is 17.9. The minimum absolute atomic E-state index is 0. The van der Waals surface area contributed by atoms with Crippen molar-refractivity contribution >= 4 is 18.3 Å². The van der Waals surface area contributed by atoms with Crippen molar-refractivity contribution in [3.63, 3.8) is 0 Å². The van der Waals surface area contributed by atoms with E-state index in [4.69, 9.17) is 4.74 Å². The Morgan fingerprint density at radius 1 is 1.39 bits per heavy atom. The minimum atomic E-state index is 0. The molecule has 0 radical (unpaired) electrons. The lowest BCUT2D eigenvalue weighted by Crippen LogP contribution is -2.41. The van der Waals surface area contributed by atoms with Crippen LogP contribution in [0.2, 0.25) is 0 Å². The molecule has 2 rings (SSSR count). The first-order valence-corrected chi connectivity index (χ1v) is 8.29. The summed E-state index contributed by atoms with van der Waals surface area (Å²) < 4.78 is 5.34. The summed E-state index contributed by atoms with van der Waals surface area (Å²) >= 11 is 0. The molecule has 1 atom stereocenters. The molecule has 23 heavy (non-hydrogen) atoms. The Kier molecular flexibility index (Phi) is 9.83. The Hall–Kier alpha value is -1.17. The highest BCUT2D eigenvalue weighted by Gasteiger charge is 2.24. The van der Waals surface area contributed by atoms with Crippen LogP contribution in [-0.2, 0) is 16.1 Å². The van der Waals surface area contributed by atoms with Crippen molar-refractivity contribution in [1.82, 2.24) is 15.2 Å². The summed E-state index contributed by atoms with van der Waals surface area (Å²) in [6, 6.07) is 6.16. The van der Waals surface area contributed by atoms with Gasteiger partial charge in [-0.05, 0) is 51.4 Å². The molecular formula is C17H28ClN3O2. The van der Waals surface area contributed by atoms with E-state index in [-0.39, 0.29) is 18.3 Å². The Bertz CT molecular complexity index is 437. The standard InChI is InChI=1S/C17H27N3O2.ClH/c1-2-22-13-9-17(21)20(14-15-6-3-4-11-19-15)16-7-5-10-18-12-8-16;/h3-4,6,11,16,18H,2,5,7-10,12-14H2,1H3;1H. The maximum Gasteiger partial charge on any atom is 0.225 e. The third kappa shape index (κ3) is 6.85. The third-order valence-electron chi connectivity index (χ3n) is 4.03. The molecule has 0 aromatic carbocycles. The number of amides is 1. The van der Waals surface area contributed by atoms with Gasteiger partial charge in [-0.2, -0.15) is 0 Å². The van der Waals surface area contributed by atoms with Gasteiger partial charge in [-0.3, -0.25) is 9.78 Å². The van der Waals surface area contributed by atoms with Gasteiger partial charge >= 0.3 is 0 Å². The molecular weight excluding hydrogens is 314 g/mol. The van der Waals surface area contributed by atoms with E-state index < -0.39 is 0 Å². The van der Waals surface area contributed by atoms with Crippen molar-refractivity contribution in [2.45, 2.75) is 45.2 Å². The van der Waals surface area contributed by atoms with Crippen LogP contribution in [0.3, 0.4) is 0 Å². The second kappa shape index (κ2) is 11.4. The number of nitrogens with zero attached hydrogens (tertiary/aromatic N) is 2. The summed E-state index contributed by atoms with van der Waals surface area (Å²) in [7, 11) is 0. The smallest absolute Gasteiger partial charge is 0.225 e. The van der Waals surface area contributed by atoms with Gasteiger partial charge in [0.1, 0.15) is 0 Å². The molecule has 130 valence electrons. The van der Waals surface area contributed by atoms with Crippen LogP contribution in [0.25, 0.3) is 0 Å². The fourth-order valence-corrected chi connectivity index (χ4v) is 2.85. The zero-order valence-corrected chi connectivity index (χ0v) is 14.7. The number of aromatic nitrogens is 1. The van der Waals surface area contributed by atoms with Crippen molar-refractivity contribution in [1.29, 1.82) is 0 Å². The van der Waals surface area contributed by atoms with Crippen molar-refractivity contribution in [2.75, 3.05) is 26.3 Å². The van der Waals surface area contributed by atoms with Crippen LogP contribution in [0.4, 0.5) is 0 Å². The molecule has 1 unspecified atom stereocenters. The Balaban J connectivity index is 0.00000264. The summed E-state index contributed by atoms with van der Waals surface area (Å²) in [5.74, 6) is 0.172. The molecule has 1 amide bonds. The van der Waals surface area contributed by atoms with Crippen LogP contribution >= 0.6 is 12.4 Å². The lowest BCUT2D eigenvalue weighted by Gasteiger charge is -2.31. The summed E-state index contributed by atoms with van der Waals surface area (Å²) in [6.45, 7) is 5.71. The molecule has 1 aliphatic heterocycles. The number of ether oxygens (including phenoxy) is 1. The molecule has 0 saturated carbocycles. The summed E-state index contributed by atoms with van der Waals surface area (Å²) in [5, 5.41) is 3.41. The SMILES string of the molecule is CCOCCC(=O)N(Cc1ccccn1)C1CCCNCC1.Cl. The average molecular weight is 342 g/mol. The van der Waals surface area contributed by atoms with Gasteiger partial charge in [-0.25, -0.2) is 0 Å². The highest BCUT2D eigenvalue weighted by molar-refractivity contribution is 5.85. The molecule has 0 spiro atoms. The molecule has 1 N–H and O–H groups in total. The van der Waals surface area contributed by atoms with E-state index in [0.717, 1.165) is 38.0 Å². The fraction of sp³-hybridized carbons (Fsp3) is 0.647. The number of halogens is 1. The first-order valence-electron chi connectivity index (χ1n) is 8.29. The molecule has 6 heteroatoms. The first kappa shape index (κ1) is 19.9. The predicted molar refractivity (Wildman–Crippen MR) is 93.7 cm³/mol. The maximum atomic E-state index is 12.6. The molecule has 1 aromatic heterocycles. The maximum absolute atomic E-state index is 12.6. The van der Waals surface area contributed by atoms with Gasteiger partial charge in [0.05, 0.1) is 25.3 Å². The van der Waals surface area contributed by atoms with Crippen LogP contribution < -0.4 is 5.32 Å². The van der Waals surface area contributed by atoms with E-state index in [1.165, 1.54) is 0 Å². The van der Waals surface area contributed by atoms with Crippen LogP contribution in [0, 0.1) is 0 Å². The zero-order valence-electron chi connectivity index (χ0n) is 13.9. The van der Waals surface area contributed by atoms with Gasteiger partial charge in [0.2, 0.25) is 5.91 Å². The fourth-order valence-electron chi connectivity index (χ4n) is 2.85. The quantitative estimate of drug-likeness (QED) is 0.774. The van der Waals surface area contributed by atoms with Gasteiger partial charge < -0.3 is 15.0 Å². The summed E-state index contributed by atoms with van der Waals surface area (Å²) in [5.41, 5.74) is 0.949. The van der Waals surface area contributed by atoms with Crippen molar-refractivity contribution in [2.24, 2.45) is 0 Å². The van der Waals surface area contributed by atoms with Crippen molar-refractivity contribution in [3.05, 3.63) is 30.1 Å². The lowest BCUT2D eigenvalue weighted by molar-refractivity contribution is -0.135. The molecule has 0 bridgehead atoms. The van der Waals surface area contributed by atoms with Crippen LogP contribution in [-0.4, -0.2) is 48.1 Å². The second-order valence-electron chi connectivity index (χ2n) is 5.62. The number of rotatable bonds is 7. The number of carbonyl (C=O) groups is 1. The van der Waals surface area contributed by atoms with Crippen molar-refractivity contribution in [3.8, 4) is 0 Å². The Morgan fingerprint density at radius 3 is 3.00 bits per heavy atom. The van der Waals surface area contributed by atoms with E-state index in [1.807, 2.05) is 30.0 Å². The topological polar surface area (TPSA) is 54.5 Å². The van der Waals surface area contributed by atoms with Gasteiger partial charge in [0.25, 0.3) is 0 Å². The first-order chi connectivity index (χ1) is 10.8. The number of nitrogens with one attached hydrogen (secondary N) is 1. The minimum Gasteiger partial charge on any atom is -0.381 e. The largest absolute Gasteiger partial charge is 0.381 e. The van der Waals surface area contributed by atoms with E-state index in [1.54, 1.807) is 6.20 Å². The van der Waals surface area contributed by atoms with Crippen LogP contribution in [0.15, 0.2) is 24.4 Å². The van der Waals surface area contributed by atoms with E-state index in [9.17, 15) is 4.79 Å². The van der Waals surface area contributed by atoms with Gasteiger partial charge in [0.15, 0.2) is 0 Å². The van der Waals surface area contributed by atoms with E-state index in [2.05, 4.69) is 10.3 Å². The summed E-state index contributed by atoms with van der Waals surface area (Å²) in [6.07, 6.45) is 5.41. The lowest BCUT2D eigenvalue weighted by atomic mass is 10.1. The highest BCUT2D eigenvalue weighted by atomic mass is 35.5. The highest BCUT2D eigenvalue weighted by Crippen LogP contribution is 2.17. The molecule has 2 heterocycles. The van der Waals surface area contributed by atoms with Gasteiger partial charge in [0, 0.05) is 18.8 Å². The van der Waals surface area contributed by atoms with Crippen LogP contribution in [0.5, 0.6) is 0 Å². The Labute approximate surface area is 145 Å². The van der Waals surface area contributed by atoms with E-state index >= 15 is 0 Å². The number of hydrogen-bond acceptors (Lipinski definition) is 4. The number of pyridine rings is 1. The second-order valence-corrected chi connectivity index (χ2v) is 5.62. The van der Waals surface area contributed by atoms with Crippen LogP contribution in [0.1, 0.15) is 38.3 Å². The molecule has 5 nitrogen and oxygen atoms in total. The molecule has 1 aliphatic rings. The van der Waals surface area contributed by atoms with E-state index in [0.29, 0.717) is 32.2 Å².